The second kappa shape index (κ2) is 8.67. The summed E-state index contributed by atoms with van der Waals surface area (Å²) in [5.74, 6) is -4.91. The van der Waals surface area contributed by atoms with Gasteiger partial charge in [0.1, 0.15) is 11.6 Å². The van der Waals surface area contributed by atoms with E-state index < -0.39 is 34.9 Å². The summed E-state index contributed by atoms with van der Waals surface area (Å²) in [6.07, 6.45) is 6.66. The molecule has 0 radical (unpaired) electrons. The Morgan fingerprint density at radius 2 is 1.68 bits per heavy atom. The van der Waals surface area contributed by atoms with Gasteiger partial charge in [-0.2, -0.15) is 0 Å². The van der Waals surface area contributed by atoms with Crippen LogP contribution in [0.4, 0.5) is 13.2 Å². The number of ether oxygens (including phenoxy) is 1. The van der Waals surface area contributed by atoms with Gasteiger partial charge in [0.2, 0.25) is 0 Å². The molecule has 3 nitrogen and oxygen atoms in total. The van der Waals surface area contributed by atoms with Crippen LogP contribution in [0.2, 0.25) is 0 Å². The van der Waals surface area contributed by atoms with Gasteiger partial charge >= 0.3 is 5.97 Å². The number of carbonyl (C=O) groups is 1. The molecule has 0 aromatic heterocycles. The average Bonchev–Trinajstić information content (AvgIpc) is 2.66. The van der Waals surface area contributed by atoms with Gasteiger partial charge in [-0.1, -0.05) is 25.8 Å². The lowest BCUT2D eigenvalue weighted by molar-refractivity contribution is 0.0728. The molecule has 1 fully saturated rings. The Kier molecular flexibility index (Phi) is 6.27. The summed E-state index contributed by atoms with van der Waals surface area (Å²) >= 11 is 0. The summed E-state index contributed by atoms with van der Waals surface area (Å²) in [5.41, 5.74) is 0.544. The molecular weight excluding hydrogens is 369 g/mol. The highest BCUT2D eigenvalue weighted by Gasteiger charge is 2.24. The molecule has 28 heavy (non-hydrogen) atoms. The molecule has 0 atom stereocenters. The van der Waals surface area contributed by atoms with Crippen LogP contribution in [-0.4, -0.2) is 11.1 Å². The second-order valence-electron chi connectivity index (χ2n) is 7.37. The van der Waals surface area contributed by atoms with E-state index in [1.165, 1.54) is 25.0 Å². The predicted molar refractivity (Wildman–Crippen MR) is 99.0 cm³/mol. The van der Waals surface area contributed by atoms with Gasteiger partial charge in [0, 0.05) is 12.1 Å². The van der Waals surface area contributed by atoms with Crippen LogP contribution in [-0.2, 0) is 0 Å². The van der Waals surface area contributed by atoms with Gasteiger partial charge in [0.15, 0.2) is 17.4 Å². The van der Waals surface area contributed by atoms with Crippen molar-refractivity contribution in [2.75, 3.05) is 0 Å². The average molecular weight is 392 g/mol. The lowest BCUT2D eigenvalue weighted by atomic mass is 9.77. The number of esters is 1. The van der Waals surface area contributed by atoms with Gasteiger partial charge in [-0.3, -0.25) is 0 Å². The summed E-state index contributed by atoms with van der Waals surface area (Å²) in [4.78, 5) is 12.2. The number of hydrogen-bond donors (Lipinski definition) is 1. The minimum absolute atomic E-state index is 0.271. The second-order valence-corrected chi connectivity index (χ2v) is 7.37. The highest BCUT2D eigenvalue weighted by molar-refractivity contribution is 5.91. The van der Waals surface area contributed by atoms with Crippen molar-refractivity contribution in [1.29, 1.82) is 0 Å². The number of halogens is 3. The number of hydrogen-bond acceptors (Lipinski definition) is 3. The van der Waals surface area contributed by atoms with Crippen molar-refractivity contribution >= 4 is 5.97 Å². The third-order valence-corrected chi connectivity index (χ3v) is 5.43. The molecule has 150 valence electrons. The lowest BCUT2D eigenvalue weighted by Gasteiger charge is -2.28. The fraction of sp³-hybridized carbons (Fsp3) is 0.409. The van der Waals surface area contributed by atoms with E-state index in [1.54, 1.807) is 6.07 Å². The van der Waals surface area contributed by atoms with E-state index in [4.69, 9.17) is 9.84 Å². The van der Waals surface area contributed by atoms with Crippen molar-refractivity contribution in [3.63, 3.8) is 0 Å². The highest BCUT2D eigenvalue weighted by atomic mass is 19.1. The minimum Gasteiger partial charge on any atom is -0.503 e. The van der Waals surface area contributed by atoms with Gasteiger partial charge < -0.3 is 9.84 Å². The maximum Gasteiger partial charge on any atom is 0.346 e. The van der Waals surface area contributed by atoms with E-state index in [9.17, 15) is 18.0 Å². The standard InChI is InChI=1S/C22H23F3O3/c1-2-3-13-4-6-14(7-5-13)15-8-9-17(18(23)10-15)22(27)28-16-11-19(24)21(26)20(25)12-16/h8-14,26H,2-7H2,1H3. The molecule has 0 saturated heterocycles. The predicted octanol–water partition coefficient (Wildman–Crippen LogP) is 6.10. The smallest absolute Gasteiger partial charge is 0.346 e. The molecule has 3 rings (SSSR count). The van der Waals surface area contributed by atoms with Crippen molar-refractivity contribution < 1.29 is 27.8 Å². The van der Waals surface area contributed by atoms with E-state index in [-0.39, 0.29) is 11.5 Å². The highest BCUT2D eigenvalue weighted by Crippen LogP contribution is 2.38. The summed E-state index contributed by atoms with van der Waals surface area (Å²) in [7, 11) is 0. The van der Waals surface area contributed by atoms with Crippen molar-refractivity contribution in [2.24, 2.45) is 5.92 Å². The topological polar surface area (TPSA) is 46.5 Å². The van der Waals surface area contributed by atoms with E-state index in [1.807, 2.05) is 0 Å². The molecule has 2 aromatic carbocycles. The molecule has 0 amide bonds. The Hall–Kier alpha value is -2.50. The van der Waals surface area contributed by atoms with E-state index in [0.717, 1.165) is 37.2 Å². The molecular formula is C22H23F3O3. The first-order chi connectivity index (χ1) is 13.4. The maximum absolute atomic E-state index is 14.5. The SMILES string of the molecule is CCCC1CCC(c2ccc(C(=O)Oc3cc(F)c(O)c(F)c3)c(F)c2)CC1. The number of phenols is 1. The fourth-order valence-corrected chi connectivity index (χ4v) is 3.91. The monoisotopic (exact) mass is 392 g/mol. The van der Waals surface area contributed by atoms with Crippen molar-refractivity contribution in [3.8, 4) is 11.5 Å². The quantitative estimate of drug-likeness (QED) is 0.494. The third kappa shape index (κ3) is 4.49. The van der Waals surface area contributed by atoms with Gasteiger partial charge in [-0.25, -0.2) is 18.0 Å². The fourth-order valence-electron chi connectivity index (χ4n) is 3.91. The van der Waals surface area contributed by atoms with Gasteiger partial charge in [-0.05, 0) is 55.2 Å². The van der Waals surface area contributed by atoms with E-state index >= 15 is 0 Å². The van der Waals surface area contributed by atoms with Crippen LogP contribution in [0, 0.1) is 23.4 Å². The Labute approximate surface area is 162 Å². The van der Waals surface area contributed by atoms with Crippen LogP contribution < -0.4 is 4.74 Å². The molecule has 1 N–H and O–H groups in total. The number of rotatable bonds is 5. The normalized spacial score (nSPS) is 19.4. The van der Waals surface area contributed by atoms with Crippen LogP contribution in [0.15, 0.2) is 30.3 Å². The van der Waals surface area contributed by atoms with Crippen LogP contribution in [0.3, 0.4) is 0 Å². The van der Waals surface area contributed by atoms with Crippen molar-refractivity contribution in [1.82, 2.24) is 0 Å². The number of phenolic OH excluding ortho intramolecular Hbond substituents is 1. The maximum atomic E-state index is 14.5. The third-order valence-electron chi connectivity index (χ3n) is 5.43. The van der Waals surface area contributed by atoms with Gasteiger partial charge in [0.25, 0.3) is 0 Å². The Morgan fingerprint density at radius 3 is 2.25 bits per heavy atom. The molecule has 0 spiro atoms. The van der Waals surface area contributed by atoms with Crippen LogP contribution in [0.25, 0.3) is 0 Å². The van der Waals surface area contributed by atoms with Crippen molar-refractivity contribution in [3.05, 3.63) is 58.9 Å². The molecule has 1 saturated carbocycles. The zero-order valence-electron chi connectivity index (χ0n) is 15.7. The molecule has 6 heteroatoms. The molecule has 1 aliphatic rings. The van der Waals surface area contributed by atoms with Gasteiger partial charge in [0.05, 0.1) is 5.56 Å². The summed E-state index contributed by atoms with van der Waals surface area (Å²) in [6.45, 7) is 2.18. The first-order valence-corrected chi connectivity index (χ1v) is 9.58. The summed E-state index contributed by atoms with van der Waals surface area (Å²) in [5, 5.41) is 9.08. The first kappa shape index (κ1) is 20.2. The Morgan fingerprint density at radius 1 is 1.04 bits per heavy atom. The molecule has 0 heterocycles. The number of carbonyl (C=O) groups excluding carboxylic acids is 1. The van der Waals surface area contributed by atoms with E-state index in [2.05, 4.69) is 6.92 Å². The van der Waals surface area contributed by atoms with Crippen molar-refractivity contribution in [2.45, 2.75) is 51.4 Å². The Balaban J connectivity index is 1.69. The Bertz CT molecular complexity index is 835. The zero-order valence-corrected chi connectivity index (χ0v) is 15.7. The molecule has 1 aliphatic carbocycles. The molecule has 2 aromatic rings. The molecule has 0 bridgehead atoms. The van der Waals surface area contributed by atoms with Crippen LogP contribution in [0.1, 0.15) is 67.3 Å². The number of benzene rings is 2. The molecule has 0 aliphatic heterocycles. The summed E-state index contributed by atoms with van der Waals surface area (Å²) < 4.78 is 46.0. The first-order valence-electron chi connectivity index (χ1n) is 9.58. The zero-order chi connectivity index (χ0) is 20.3. The summed E-state index contributed by atoms with van der Waals surface area (Å²) in [6, 6.07) is 5.73. The lowest BCUT2D eigenvalue weighted by Crippen LogP contribution is -2.15. The molecule has 0 unspecified atom stereocenters. The van der Waals surface area contributed by atoms with Crippen LogP contribution >= 0.6 is 0 Å². The minimum atomic E-state index is -1.27. The van der Waals surface area contributed by atoms with E-state index in [0.29, 0.717) is 12.1 Å². The van der Waals surface area contributed by atoms with Gasteiger partial charge in [-0.15, -0.1) is 0 Å². The van der Waals surface area contributed by atoms with Crippen LogP contribution in [0.5, 0.6) is 11.5 Å². The number of aromatic hydroxyl groups is 1. The largest absolute Gasteiger partial charge is 0.503 e.